The quantitative estimate of drug-likeness (QED) is 0.811. The maximum Gasteiger partial charge on any atom is 0.337 e. The highest BCUT2D eigenvalue weighted by molar-refractivity contribution is 5.89. The van der Waals surface area contributed by atoms with E-state index in [4.69, 9.17) is 10.00 Å². The highest BCUT2D eigenvalue weighted by atomic mass is 16.5. The first-order chi connectivity index (χ1) is 10.3. The Kier molecular flexibility index (Phi) is 5.93. The largest absolute Gasteiger partial charge is 0.484 e. The highest BCUT2D eigenvalue weighted by Gasteiger charge is 2.29. The minimum Gasteiger partial charge on any atom is -0.484 e. The van der Waals surface area contributed by atoms with Crippen LogP contribution in [0.5, 0.6) is 5.75 Å². The molecular weight excluding hydrogens is 284 g/mol. The predicted octanol–water partition coefficient (Wildman–Crippen LogP) is 1.91. The van der Waals surface area contributed by atoms with Crippen LogP contribution in [-0.4, -0.2) is 31.1 Å². The zero-order valence-corrected chi connectivity index (χ0v) is 13.2. The minimum atomic E-state index is -0.935. The molecule has 6 heteroatoms. The summed E-state index contributed by atoms with van der Waals surface area (Å²) in [6.07, 6.45) is 0. The van der Waals surface area contributed by atoms with Crippen molar-refractivity contribution < 1.29 is 19.1 Å². The summed E-state index contributed by atoms with van der Waals surface area (Å²) in [5.74, 6) is -0.396. The summed E-state index contributed by atoms with van der Waals surface area (Å²) in [4.78, 5) is 23.1. The number of hydrogen-bond donors (Lipinski definition) is 1. The van der Waals surface area contributed by atoms with Crippen molar-refractivity contribution >= 4 is 11.9 Å². The number of nitriles is 1. The van der Waals surface area contributed by atoms with Gasteiger partial charge in [-0.1, -0.05) is 13.8 Å². The van der Waals surface area contributed by atoms with Crippen molar-refractivity contribution in [3.05, 3.63) is 29.8 Å². The van der Waals surface area contributed by atoms with Gasteiger partial charge in [0.25, 0.3) is 5.91 Å². The van der Waals surface area contributed by atoms with E-state index in [1.165, 1.54) is 7.11 Å². The summed E-state index contributed by atoms with van der Waals surface area (Å²) in [7, 11) is 1.30. The minimum absolute atomic E-state index is 0.0270. The highest BCUT2D eigenvalue weighted by Crippen LogP contribution is 2.16. The molecule has 118 valence electrons. The van der Waals surface area contributed by atoms with Crippen molar-refractivity contribution in [2.45, 2.75) is 26.3 Å². The molecule has 1 rings (SSSR count). The van der Waals surface area contributed by atoms with Crippen LogP contribution >= 0.6 is 0 Å². The molecule has 1 aromatic carbocycles. The fourth-order valence-electron chi connectivity index (χ4n) is 1.58. The van der Waals surface area contributed by atoms with Crippen molar-refractivity contribution in [3.63, 3.8) is 0 Å². The van der Waals surface area contributed by atoms with Gasteiger partial charge < -0.3 is 14.8 Å². The Labute approximate surface area is 130 Å². The lowest BCUT2D eigenvalue weighted by atomic mass is 9.90. The van der Waals surface area contributed by atoms with E-state index in [0.717, 1.165) is 0 Å². The van der Waals surface area contributed by atoms with Gasteiger partial charge in [-0.15, -0.1) is 0 Å². The normalized spacial score (nSPS) is 12.9. The third-order valence-corrected chi connectivity index (χ3v) is 3.43. The molecule has 1 N–H and O–H groups in total. The summed E-state index contributed by atoms with van der Waals surface area (Å²) >= 11 is 0. The number of rotatable bonds is 6. The maximum absolute atomic E-state index is 11.9. The van der Waals surface area contributed by atoms with E-state index in [-0.39, 0.29) is 18.4 Å². The number of carbonyl (C=O) groups is 2. The second-order valence-electron chi connectivity index (χ2n) is 5.32. The average molecular weight is 304 g/mol. The molecule has 0 aliphatic carbocycles. The standard InChI is InChI=1S/C16H20N2O4/c1-11(2)16(3,10-17)18-14(19)9-22-13-7-5-12(6-8-13)15(20)21-4/h5-8,11H,9H2,1-4H3,(H,18,19)/t16-/m0/s1. The number of nitrogens with one attached hydrogen (secondary N) is 1. The number of esters is 1. The number of amides is 1. The molecule has 6 nitrogen and oxygen atoms in total. The van der Waals surface area contributed by atoms with E-state index in [2.05, 4.69) is 16.1 Å². The van der Waals surface area contributed by atoms with E-state index in [0.29, 0.717) is 11.3 Å². The number of ether oxygens (including phenoxy) is 2. The Morgan fingerprint density at radius 3 is 2.36 bits per heavy atom. The van der Waals surface area contributed by atoms with Gasteiger partial charge in [0.1, 0.15) is 11.3 Å². The SMILES string of the molecule is COC(=O)c1ccc(OCC(=O)N[C@@](C)(C#N)C(C)C)cc1. The van der Waals surface area contributed by atoms with E-state index in [9.17, 15) is 9.59 Å². The second kappa shape index (κ2) is 7.46. The van der Waals surface area contributed by atoms with Crippen LogP contribution in [-0.2, 0) is 9.53 Å². The molecule has 0 aliphatic rings. The third-order valence-electron chi connectivity index (χ3n) is 3.43. The summed E-state index contributed by atoms with van der Waals surface area (Å²) in [6, 6.07) is 8.34. The van der Waals surface area contributed by atoms with E-state index < -0.39 is 11.5 Å². The molecule has 22 heavy (non-hydrogen) atoms. The van der Waals surface area contributed by atoms with Crippen molar-refractivity contribution in [1.29, 1.82) is 5.26 Å². The molecule has 0 aromatic heterocycles. The lowest BCUT2D eigenvalue weighted by molar-refractivity contribution is -0.124. The molecule has 0 saturated heterocycles. The monoisotopic (exact) mass is 304 g/mol. The van der Waals surface area contributed by atoms with Gasteiger partial charge in [0.2, 0.25) is 0 Å². The van der Waals surface area contributed by atoms with Gasteiger partial charge in [0, 0.05) is 0 Å². The van der Waals surface area contributed by atoms with E-state index in [1.807, 2.05) is 13.8 Å². The van der Waals surface area contributed by atoms with Crippen LogP contribution in [0.25, 0.3) is 0 Å². The molecule has 0 bridgehead atoms. The molecule has 0 radical (unpaired) electrons. The van der Waals surface area contributed by atoms with Gasteiger partial charge in [0.15, 0.2) is 6.61 Å². The Hall–Kier alpha value is -2.55. The lowest BCUT2D eigenvalue weighted by Gasteiger charge is -2.27. The summed E-state index contributed by atoms with van der Waals surface area (Å²) in [5, 5.41) is 11.8. The van der Waals surface area contributed by atoms with Gasteiger partial charge in [-0.25, -0.2) is 4.79 Å². The molecule has 0 heterocycles. The lowest BCUT2D eigenvalue weighted by Crippen LogP contribution is -2.50. The topological polar surface area (TPSA) is 88.4 Å². The summed E-state index contributed by atoms with van der Waals surface area (Å²) in [6.45, 7) is 5.17. The molecule has 1 aromatic rings. The van der Waals surface area contributed by atoms with Gasteiger partial charge in [0.05, 0.1) is 18.7 Å². The zero-order valence-electron chi connectivity index (χ0n) is 13.2. The Bertz CT molecular complexity index is 575. The first-order valence-corrected chi connectivity index (χ1v) is 6.86. The Morgan fingerprint density at radius 2 is 1.91 bits per heavy atom. The summed E-state index contributed by atoms with van der Waals surface area (Å²) in [5.41, 5.74) is -0.536. The average Bonchev–Trinajstić information content (AvgIpc) is 2.52. The number of benzene rings is 1. The Morgan fingerprint density at radius 1 is 1.32 bits per heavy atom. The van der Waals surface area contributed by atoms with Crippen LogP contribution in [0.15, 0.2) is 24.3 Å². The first kappa shape index (κ1) is 17.5. The first-order valence-electron chi connectivity index (χ1n) is 6.86. The van der Waals surface area contributed by atoms with Crippen molar-refractivity contribution in [3.8, 4) is 11.8 Å². The molecular formula is C16H20N2O4. The maximum atomic E-state index is 11.9. The fourth-order valence-corrected chi connectivity index (χ4v) is 1.58. The molecule has 1 atom stereocenters. The fraction of sp³-hybridized carbons (Fsp3) is 0.438. The zero-order chi connectivity index (χ0) is 16.8. The number of methoxy groups -OCH3 is 1. The molecule has 0 spiro atoms. The predicted molar refractivity (Wildman–Crippen MR) is 80.3 cm³/mol. The summed E-state index contributed by atoms with van der Waals surface area (Å²) < 4.78 is 9.92. The van der Waals surface area contributed by atoms with Crippen molar-refractivity contribution in [1.82, 2.24) is 5.32 Å². The number of carbonyl (C=O) groups excluding carboxylic acids is 2. The van der Waals surface area contributed by atoms with Crippen LogP contribution in [0.2, 0.25) is 0 Å². The van der Waals surface area contributed by atoms with Crippen LogP contribution < -0.4 is 10.1 Å². The van der Waals surface area contributed by atoms with Gasteiger partial charge >= 0.3 is 5.97 Å². The van der Waals surface area contributed by atoms with Gasteiger partial charge in [-0.2, -0.15) is 5.26 Å². The van der Waals surface area contributed by atoms with Gasteiger partial charge in [-0.3, -0.25) is 4.79 Å². The van der Waals surface area contributed by atoms with Gasteiger partial charge in [-0.05, 0) is 37.1 Å². The van der Waals surface area contributed by atoms with E-state index in [1.54, 1.807) is 31.2 Å². The van der Waals surface area contributed by atoms with Crippen molar-refractivity contribution in [2.24, 2.45) is 5.92 Å². The smallest absolute Gasteiger partial charge is 0.337 e. The number of nitrogens with zero attached hydrogens (tertiary/aromatic N) is 1. The molecule has 1 amide bonds. The third kappa shape index (κ3) is 4.48. The van der Waals surface area contributed by atoms with Crippen LogP contribution in [0.1, 0.15) is 31.1 Å². The Balaban J connectivity index is 2.58. The second-order valence-corrected chi connectivity index (χ2v) is 5.32. The molecule has 0 unspecified atom stereocenters. The molecule has 0 aliphatic heterocycles. The van der Waals surface area contributed by atoms with Crippen LogP contribution in [0.4, 0.5) is 0 Å². The molecule has 0 fully saturated rings. The van der Waals surface area contributed by atoms with Crippen LogP contribution in [0.3, 0.4) is 0 Å². The van der Waals surface area contributed by atoms with Crippen LogP contribution in [0, 0.1) is 17.2 Å². The van der Waals surface area contributed by atoms with E-state index >= 15 is 0 Å². The van der Waals surface area contributed by atoms with Crippen molar-refractivity contribution in [2.75, 3.05) is 13.7 Å². The number of hydrogen-bond acceptors (Lipinski definition) is 5. The molecule has 0 saturated carbocycles.